The quantitative estimate of drug-likeness (QED) is 0.877. The van der Waals surface area contributed by atoms with Gasteiger partial charge in [0.1, 0.15) is 0 Å². The number of benzene rings is 1. The number of nitrogens with one attached hydrogen (secondary N) is 1. The molecule has 110 valence electrons. The lowest BCUT2D eigenvalue weighted by Crippen LogP contribution is -2.29. The largest absolute Gasteiger partial charge is 0.378 e. The van der Waals surface area contributed by atoms with E-state index in [1.165, 1.54) is 0 Å². The van der Waals surface area contributed by atoms with Crippen LogP contribution in [0.3, 0.4) is 0 Å². The predicted molar refractivity (Wildman–Crippen MR) is 85.9 cm³/mol. The zero-order chi connectivity index (χ0) is 14.9. The standard InChI is InChI=1S/C14H19ClN2O2S/c1-8(4-5-20-3)17(2)12-7-11-9(6-10(12)15)13(18)14(19)16-11/h6-8,13,18H,4-5H2,1-3H3,(H,16,19). The first-order valence-corrected chi connectivity index (χ1v) is 8.27. The summed E-state index contributed by atoms with van der Waals surface area (Å²) in [5.74, 6) is 0.690. The fourth-order valence-corrected chi connectivity index (χ4v) is 3.13. The minimum atomic E-state index is -1.12. The highest BCUT2D eigenvalue weighted by Crippen LogP contribution is 2.39. The number of hydrogen-bond donors (Lipinski definition) is 2. The van der Waals surface area contributed by atoms with Crippen LogP contribution in [-0.2, 0) is 4.79 Å². The van der Waals surface area contributed by atoms with Gasteiger partial charge >= 0.3 is 0 Å². The molecule has 2 unspecified atom stereocenters. The summed E-state index contributed by atoms with van der Waals surface area (Å²) >= 11 is 8.11. The van der Waals surface area contributed by atoms with Crippen molar-refractivity contribution in [3.63, 3.8) is 0 Å². The molecule has 4 nitrogen and oxygen atoms in total. The molecule has 1 amide bonds. The number of fused-ring (bicyclic) bond motifs is 1. The maximum atomic E-state index is 11.5. The normalized spacial score (nSPS) is 18.6. The van der Waals surface area contributed by atoms with Gasteiger partial charge in [-0.1, -0.05) is 11.6 Å². The first-order valence-electron chi connectivity index (χ1n) is 6.49. The van der Waals surface area contributed by atoms with Gasteiger partial charge < -0.3 is 15.3 Å². The van der Waals surface area contributed by atoms with Crippen molar-refractivity contribution in [2.45, 2.75) is 25.5 Å². The van der Waals surface area contributed by atoms with E-state index >= 15 is 0 Å². The summed E-state index contributed by atoms with van der Waals surface area (Å²) in [5.41, 5.74) is 2.06. The highest BCUT2D eigenvalue weighted by Gasteiger charge is 2.30. The zero-order valence-electron chi connectivity index (χ0n) is 11.8. The van der Waals surface area contributed by atoms with Gasteiger partial charge in [-0.05, 0) is 37.5 Å². The number of thioether (sulfide) groups is 1. The number of halogens is 1. The summed E-state index contributed by atoms with van der Waals surface area (Å²) in [5, 5.41) is 13.0. The molecule has 2 N–H and O–H groups in total. The van der Waals surface area contributed by atoms with Gasteiger partial charge in [0, 0.05) is 24.3 Å². The topological polar surface area (TPSA) is 52.6 Å². The van der Waals surface area contributed by atoms with Gasteiger partial charge in [-0.25, -0.2) is 0 Å². The van der Waals surface area contributed by atoms with Crippen LogP contribution in [-0.4, -0.2) is 36.1 Å². The number of nitrogens with zero attached hydrogens (tertiary/aromatic N) is 1. The van der Waals surface area contributed by atoms with Crippen molar-refractivity contribution in [1.29, 1.82) is 0 Å². The summed E-state index contributed by atoms with van der Waals surface area (Å²) < 4.78 is 0. The fourth-order valence-electron chi connectivity index (χ4n) is 2.24. The van der Waals surface area contributed by atoms with Gasteiger partial charge in [0.05, 0.1) is 10.7 Å². The van der Waals surface area contributed by atoms with Gasteiger partial charge in [0.2, 0.25) is 0 Å². The number of aliphatic hydroxyl groups excluding tert-OH is 1. The molecule has 2 atom stereocenters. The van der Waals surface area contributed by atoms with Crippen molar-refractivity contribution in [3.05, 3.63) is 22.7 Å². The highest BCUT2D eigenvalue weighted by atomic mass is 35.5. The maximum absolute atomic E-state index is 11.5. The van der Waals surface area contributed by atoms with Crippen LogP contribution in [0.5, 0.6) is 0 Å². The molecule has 6 heteroatoms. The lowest BCUT2D eigenvalue weighted by Gasteiger charge is -2.28. The Bertz CT molecular complexity index is 524. The number of hydrogen-bond acceptors (Lipinski definition) is 4. The minimum absolute atomic E-state index is 0.347. The van der Waals surface area contributed by atoms with E-state index in [2.05, 4.69) is 23.4 Å². The third-order valence-corrected chi connectivity index (χ3v) is 4.65. The monoisotopic (exact) mass is 314 g/mol. The minimum Gasteiger partial charge on any atom is -0.378 e. The average Bonchev–Trinajstić information content (AvgIpc) is 2.70. The Morgan fingerprint density at radius 3 is 2.90 bits per heavy atom. The number of rotatable bonds is 5. The van der Waals surface area contributed by atoms with E-state index in [4.69, 9.17) is 11.6 Å². The summed E-state index contributed by atoms with van der Waals surface area (Å²) in [6.07, 6.45) is 2.03. The van der Waals surface area contributed by atoms with Crippen LogP contribution in [0.15, 0.2) is 12.1 Å². The van der Waals surface area contributed by atoms with Crippen molar-refractivity contribution in [2.75, 3.05) is 29.3 Å². The molecule has 1 aromatic carbocycles. The van der Waals surface area contributed by atoms with E-state index in [1.807, 2.05) is 24.9 Å². The lowest BCUT2D eigenvalue weighted by atomic mass is 10.1. The Hall–Kier alpha value is -0.910. The average molecular weight is 315 g/mol. The predicted octanol–water partition coefficient (Wildman–Crippen LogP) is 2.90. The Balaban J connectivity index is 2.26. The van der Waals surface area contributed by atoms with E-state index in [9.17, 15) is 9.90 Å². The molecule has 2 rings (SSSR count). The Kier molecular flexibility index (Phi) is 4.83. The lowest BCUT2D eigenvalue weighted by molar-refractivity contribution is -0.123. The Morgan fingerprint density at radius 2 is 2.25 bits per heavy atom. The molecule has 0 aromatic heterocycles. The van der Waals surface area contributed by atoms with Gasteiger partial charge in [0.15, 0.2) is 6.10 Å². The molecule has 0 aliphatic carbocycles. The van der Waals surface area contributed by atoms with Crippen LogP contribution in [0, 0.1) is 0 Å². The Morgan fingerprint density at radius 1 is 1.55 bits per heavy atom. The van der Waals surface area contributed by atoms with Crippen LogP contribution in [0.25, 0.3) is 0 Å². The van der Waals surface area contributed by atoms with Crippen LogP contribution in [0.2, 0.25) is 5.02 Å². The summed E-state index contributed by atoms with van der Waals surface area (Å²) in [4.78, 5) is 13.6. The van der Waals surface area contributed by atoms with E-state index in [0.717, 1.165) is 17.9 Å². The second kappa shape index (κ2) is 6.24. The molecular formula is C14H19ClN2O2S. The SMILES string of the molecule is CSCCC(C)N(C)c1cc2c(cc1Cl)C(O)C(=O)N2. The van der Waals surface area contributed by atoms with Crippen LogP contribution < -0.4 is 10.2 Å². The van der Waals surface area contributed by atoms with Crippen molar-refractivity contribution in [2.24, 2.45) is 0 Å². The highest BCUT2D eigenvalue weighted by molar-refractivity contribution is 7.98. The first-order chi connectivity index (χ1) is 9.45. The second-order valence-electron chi connectivity index (χ2n) is 5.02. The van der Waals surface area contributed by atoms with Gasteiger partial charge in [-0.3, -0.25) is 4.79 Å². The number of aliphatic hydroxyl groups is 1. The molecular weight excluding hydrogens is 296 g/mol. The van der Waals surface area contributed by atoms with Crippen molar-refractivity contribution >= 4 is 40.6 Å². The molecule has 0 spiro atoms. The van der Waals surface area contributed by atoms with Gasteiger partial charge in [0.25, 0.3) is 5.91 Å². The molecule has 0 bridgehead atoms. The van der Waals surface area contributed by atoms with Gasteiger partial charge in [-0.15, -0.1) is 0 Å². The summed E-state index contributed by atoms with van der Waals surface area (Å²) in [6.45, 7) is 2.15. The zero-order valence-corrected chi connectivity index (χ0v) is 13.4. The molecule has 0 saturated heterocycles. The number of amides is 1. The van der Waals surface area contributed by atoms with Crippen LogP contribution in [0.1, 0.15) is 25.0 Å². The summed E-state index contributed by atoms with van der Waals surface area (Å²) in [6, 6.07) is 3.86. The fraction of sp³-hybridized carbons (Fsp3) is 0.500. The van der Waals surface area contributed by atoms with Crippen molar-refractivity contribution in [3.8, 4) is 0 Å². The Labute approximate surface area is 128 Å². The second-order valence-corrected chi connectivity index (χ2v) is 6.42. The molecule has 0 fully saturated rings. The van der Waals surface area contributed by atoms with E-state index in [0.29, 0.717) is 22.3 Å². The number of anilines is 2. The van der Waals surface area contributed by atoms with Crippen LogP contribution in [0.4, 0.5) is 11.4 Å². The molecule has 1 heterocycles. The van der Waals surface area contributed by atoms with E-state index in [1.54, 1.807) is 6.07 Å². The van der Waals surface area contributed by atoms with E-state index in [-0.39, 0.29) is 0 Å². The van der Waals surface area contributed by atoms with Crippen molar-refractivity contribution in [1.82, 2.24) is 0 Å². The van der Waals surface area contributed by atoms with Crippen LogP contribution >= 0.6 is 23.4 Å². The molecule has 0 saturated carbocycles. The van der Waals surface area contributed by atoms with E-state index < -0.39 is 12.0 Å². The summed E-state index contributed by atoms with van der Waals surface area (Å²) in [7, 11) is 1.99. The molecule has 0 radical (unpaired) electrons. The smallest absolute Gasteiger partial charge is 0.257 e. The number of carbonyl (C=O) groups excluding carboxylic acids is 1. The molecule has 20 heavy (non-hydrogen) atoms. The molecule has 1 aromatic rings. The maximum Gasteiger partial charge on any atom is 0.257 e. The first kappa shape index (κ1) is 15.5. The molecule has 1 aliphatic heterocycles. The number of carbonyl (C=O) groups is 1. The third-order valence-electron chi connectivity index (χ3n) is 3.70. The molecule has 1 aliphatic rings. The van der Waals surface area contributed by atoms with Gasteiger partial charge in [-0.2, -0.15) is 11.8 Å². The van der Waals surface area contributed by atoms with Crippen molar-refractivity contribution < 1.29 is 9.90 Å². The third kappa shape index (κ3) is 2.90.